The van der Waals surface area contributed by atoms with Crippen LogP contribution in [0.25, 0.3) is 0 Å². The van der Waals surface area contributed by atoms with Gasteiger partial charge in [-0.05, 0) is 17.7 Å². The molecule has 0 aliphatic carbocycles. The number of halogens is 2. The van der Waals surface area contributed by atoms with Gasteiger partial charge in [-0.1, -0.05) is 53.5 Å². The summed E-state index contributed by atoms with van der Waals surface area (Å²) in [6, 6.07) is 11.5. The van der Waals surface area contributed by atoms with Crippen molar-refractivity contribution in [3.05, 3.63) is 58.1 Å². The number of anilines is 1. The number of benzene rings is 2. The number of nitrogen functional groups attached to an aromatic ring is 1. The number of hydrogen-bond donors (Lipinski definition) is 1. The molecule has 0 unspecified atom stereocenters. The molecule has 0 saturated heterocycles. The third-order valence-corrected chi connectivity index (χ3v) is 4.90. The Morgan fingerprint density at radius 3 is 2.05 bits per heavy atom. The Labute approximate surface area is 121 Å². The molecular weight excluding hydrogens is 305 g/mol. The summed E-state index contributed by atoms with van der Waals surface area (Å²) in [7, 11) is -3.50. The van der Waals surface area contributed by atoms with Crippen molar-refractivity contribution in [2.24, 2.45) is 0 Å². The van der Waals surface area contributed by atoms with Crippen molar-refractivity contribution in [1.82, 2.24) is 0 Å². The molecule has 0 saturated carbocycles. The molecule has 0 spiro atoms. The van der Waals surface area contributed by atoms with Gasteiger partial charge in [0.05, 0.1) is 26.4 Å². The predicted molar refractivity (Wildman–Crippen MR) is 78.2 cm³/mol. The lowest BCUT2D eigenvalue weighted by Gasteiger charge is -2.08. The van der Waals surface area contributed by atoms with E-state index >= 15 is 0 Å². The van der Waals surface area contributed by atoms with Crippen LogP contribution in [-0.4, -0.2) is 8.42 Å². The molecule has 2 aromatic rings. The van der Waals surface area contributed by atoms with E-state index in [0.717, 1.165) is 0 Å². The highest BCUT2D eigenvalue weighted by atomic mass is 35.5. The Morgan fingerprint density at radius 2 is 1.53 bits per heavy atom. The molecule has 3 nitrogen and oxygen atoms in total. The summed E-state index contributed by atoms with van der Waals surface area (Å²) in [4.78, 5) is 0.0700. The minimum absolute atomic E-state index is 0.0700. The Kier molecular flexibility index (Phi) is 4.04. The summed E-state index contributed by atoms with van der Waals surface area (Å²) >= 11 is 11.7. The zero-order chi connectivity index (χ0) is 14.0. The van der Waals surface area contributed by atoms with Gasteiger partial charge in [0.15, 0.2) is 9.84 Å². The van der Waals surface area contributed by atoms with E-state index in [2.05, 4.69) is 0 Å². The van der Waals surface area contributed by atoms with Crippen LogP contribution in [-0.2, 0) is 15.6 Å². The van der Waals surface area contributed by atoms with Crippen molar-refractivity contribution in [2.75, 3.05) is 5.73 Å². The van der Waals surface area contributed by atoms with E-state index < -0.39 is 9.84 Å². The molecular formula is C13H11Cl2NO2S. The molecule has 0 aliphatic heterocycles. The molecule has 0 heterocycles. The zero-order valence-corrected chi connectivity index (χ0v) is 12.1. The molecule has 2 aromatic carbocycles. The van der Waals surface area contributed by atoms with Gasteiger partial charge in [0.25, 0.3) is 0 Å². The van der Waals surface area contributed by atoms with Crippen LogP contribution < -0.4 is 5.73 Å². The quantitative estimate of drug-likeness (QED) is 0.881. The maximum Gasteiger partial charge on any atom is 0.182 e. The zero-order valence-electron chi connectivity index (χ0n) is 9.81. The molecule has 0 atom stereocenters. The largest absolute Gasteiger partial charge is 0.396 e. The molecule has 2 rings (SSSR count). The van der Waals surface area contributed by atoms with Gasteiger partial charge in [-0.3, -0.25) is 0 Å². The average molecular weight is 316 g/mol. The maximum absolute atomic E-state index is 12.3. The number of nitrogens with two attached hydrogens (primary N) is 1. The van der Waals surface area contributed by atoms with Crippen LogP contribution in [0.2, 0.25) is 10.0 Å². The van der Waals surface area contributed by atoms with Crippen molar-refractivity contribution in [3.8, 4) is 0 Å². The van der Waals surface area contributed by atoms with Crippen LogP contribution in [0.1, 0.15) is 5.56 Å². The van der Waals surface area contributed by atoms with Crippen LogP contribution in [0.5, 0.6) is 0 Å². The molecule has 0 fully saturated rings. The third kappa shape index (κ3) is 3.21. The van der Waals surface area contributed by atoms with Crippen LogP contribution in [0, 0.1) is 0 Å². The fourth-order valence-corrected chi connectivity index (χ4v) is 3.63. The maximum atomic E-state index is 12.3. The van der Waals surface area contributed by atoms with Gasteiger partial charge in [-0.15, -0.1) is 0 Å². The van der Waals surface area contributed by atoms with Crippen molar-refractivity contribution in [1.29, 1.82) is 0 Å². The molecule has 0 amide bonds. The predicted octanol–water partition coefficient (Wildman–Crippen LogP) is 3.55. The molecule has 100 valence electrons. The summed E-state index contributed by atoms with van der Waals surface area (Å²) in [5.41, 5.74) is 6.47. The van der Waals surface area contributed by atoms with Gasteiger partial charge < -0.3 is 5.73 Å². The first kappa shape index (κ1) is 14.2. The molecule has 19 heavy (non-hydrogen) atoms. The molecule has 2 N–H and O–H groups in total. The highest BCUT2D eigenvalue weighted by Crippen LogP contribution is 2.31. The summed E-state index contributed by atoms with van der Waals surface area (Å²) < 4.78 is 24.5. The first-order chi connectivity index (χ1) is 8.90. The van der Waals surface area contributed by atoms with Crippen LogP contribution in [0.4, 0.5) is 5.69 Å². The van der Waals surface area contributed by atoms with E-state index in [4.69, 9.17) is 28.9 Å². The summed E-state index contributed by atoms with van der Waals surface area (Å²) in [6.45, 7) is 0. The molecule has 6 heteroatoms. The highest BCUT2D eigenvalue weighted by Gasteiger charge is 2.18. The van der Waals surface area contributed by atoms with E-state index in [0.29, 0.717) is 5.56 Å². The van der Waals surface area contributed by atoms with E-state index in [1.807, 2.05) is 6.07 Å². The van der Waals surface area contributed by atoms with Crippen molar-refractivity contribution < 1.29 is 8.42 Å². The molecule has 0 aromatic heterocycles. The summed E-state index contributed by atoms with van der Waals surface area (Å²) in [5, 5.41) is 0.276. The number of rotatable bonds is 3. The topological polar surface area (TPSA) is 60.2 Å². The average Bonchev–Trinajstić information content (AvgIpc) is 2.36. The minimum atomic E-state index is -3.50. The second kappa shape index (κ2) is 5.41. The van der Waals surface area contributed by atoms with Gasteiger partial charge >= 0.3 is 0 Å². The fraction of sp³-hybridized carbons (Fsp3) is 0.0769. The molecule has 0 radical (unpaired) electrons. The standard InChI is InChI=1S/C13H11Cl2NO2S/c14-11-6-10(7-12(15)13(11)16)19(17,18)8-9-4-2-1-3-5-9/h1-7H,8,16H2. The highest BCUT2D eigenvalue weighted by molar-refractivity contribution is 7.90. The van der Waals surface area contributed by atoms with E-state index in [1.165, 1.54) is 12.1 Å². The lowest BCUT2D eigenvalue weighted by atomic mass is 10.2. The Morgan fingerprint density at radius 1 is 1.00 bits per heavy atom. The van der Waals surface area contributed by atoms with E-state index in [-0.39, 0.29) is 26.4 Å². The van der Waals surface area contributed by atoms with Gasteiger partial charge in [-0.25, -0.2) is 8.42 Å². The summed E-state index contributed by atoms with van der Waals surface area (Å²) in [6.07, 6.45) is 0. The second-order valence-corrected chi connectivity index (χ2v) is 6.85. The van der Waals surface area contributed by atoms with Crippen molar-refractivity contribution >= 4 is 38.7 Å². The lowest BCUT2D eigenvalue weighted by molar-refractivity contribution is 0.595. The fourth-order valence-electron chi connectivity index (χ4n) is 1.62. The van der Waals surface area contributed by atoms with Crippen molar-refractivity contribution in [3.63, 3.8) is 0 Å². The number of sulfone groups is 1. The smallest absolute Gasteiger partial charge is 0.182 e. The van der Waals surface area contributed by atoms with Gasteiger partial charge in [0.2, 0.25) is 0 Å². The van der Waals surface area contributed by atoms with Gasteiger partial charge in [0, 0.05) is 0 Å². The SMILES string of the molecule is Nc1c(Cl)cc(S(=O)(=O)Cc2ccccc2)cc1Cl. The first-order valence-electron chi connectivity index (χ1n) is 5.41. The lowest BCUT2D eigenvalue weighted by Crippen LogP contribution is -2.05. The second-order valence-electron chi connectivity index (χ2n) is 4.05. The Hall–Kier alpha value is -1.23. The van der Waals surface area contributed by atoms with Crippen LogP contribution in [0.15, 0.2) is 47.4 Å². The molecule has 0 aliphatic rings. The normalized spacial score (nSPS) is 11.5. The minimum Gasteiger partial charge on any atom is -0.396 e. The van der Waals surface area contributed by atoms with Crippen LogP contribution in [0.3, 0.4) is 0 Å². The Balaban J connectivity index is 2.40. The van der Waals surface area contributed by atoms with Crippen LogP contribution >= 0.6 is 23.2 Å². The van der Waals surface area contributed by atoms with E-state index in [1.54, 1.807) is 24.3 Å². The van der Waals surface area contributed by atoms with E-state index in [9.17, 15) is 8.42 Å². The van der Waals surface area contributed by atoms with Gasteiger partial charge in [0.1, 0.15) is 0 Å². The molecule has 0 bridgehead atoms. The number of hydrogen-bond acceptors (Lipinski definition) is 3. The summed E-state index contributed by atoms with van der Waals surface area (Å²) in [5.74, 6) is -0.107. The monoisotopic (exact) mass is 315 g/mol. The Bertz CT molecular complexity index is 677. The third-order valence-electron chi connectivity index (χ3n) is 2.61. The van der Waals surface area contributed by atoms with Crippen molar-refractivity contribution in [2.45, 2.75) is 10.6 Å². The van der Waals surface area contributed by atoms with Gasteiger partial charge in [-0.2, -0.15) is 0 Å². The first-order valence-corrected chi connectivity index (χ1v) is 7.82.